The number of benzene rings is 1. The van der Waals surface area contributed by atoms with E-state index in [-0.39, 0.29) is 18.3 Å². The molecular formula is C15H22BrClN2O2. The number of amides is 1. The third-order valence-electron chi connectivity index (χ3n) is 3.67. The number of carbonyl (C=O) groups excluding carboxylic acids is 1. The van der Waals surface area contributed by atoms with Crippen LogP contribution in [-0.4, -0.2) is 43.6 Å². The zero-order chi connectivity index (χ0) is 14.5. The number of hydrogen-bond donors (Lipinski definition) is 1. The lowest BCUT2D eigenvalue weighted by molar-refractivity contribution is -0.133. The van der Waals surface area contributed by atoms with Crippen molar-refractivity contribution in [2.24, 2.45) is 0 Å². The topological polar surface area (TPSA) is 41.6 Å². The summed E-state index contributed by atoms with van der Waals surface area (Å²) in [5.41, 5.74) is 1.15. The van der Waals surface area contributed by atoms with Gasteiger partial charge < -0.3 is 15.0 Å². The molecule has 0 bridgehead atoms. The number of hydrogen-bond acceptors (Lipinski definition) is 3. The van der Waals surface area contributed by atoms with E-state index in [4.69, 9.17) is 4.74 Å². The van der Waals surface area contributed by atoms with Crippen LogP contribution in [0.15, 0.2) is 22.7 Å². The molecule has 6 heteroatoms. The van der Waals surface area contributed by atoms with Gasteiger partial charge in [-0.2, -0.15) is 0 Å². The lowest BCUT2D eigenvalue weighted by Crippen LogP contribution is -2.52. The van der Waals surface area contributed by atoms with Crippen molar-refractivity contribution in [2.75, 3.05) is 26.7 Å². The predicted molar refractivity (Wildman–Crippen MR) is 90.3 cm³/mol. The van der Waals surface area contributed by atoms with Gasteiger partial charge in [0.25, 0.3) is 0 Å². The van der Waals surface area contributed by atoms with Gasteiger partial charge in [-0.05, 0) is 47.0 Å². The number of nitrogens with one attached hydrogen (secondary N) is 1. The molecule has 1 aromatic rings. The minimum atomic E-state index is 0. The van der Waals surface area contributed by atoms with Crippen molar-refractivity contribution in [3.05, 3.63) is 28.2 Å². The summed E-state index contributed by atoms with van der Waals surface area (Å²) in [6, 6.07) is 6.25. The molecule has 0 radical (unpaired) electrons. The Morgan fingerprint density at radius 1 is 1.52 bits per heavy atom. The Hall–Kier alpha value is -0.780. The van der Waals surface area contributed by atoms with E-state index in [9.17, 15) is 4.79 Å². The Balaban J connectivity index is 0.00000220. The monoisotopic (exact) mass is 376 g/mol. The summed E-state index contributed by atoms with van der Waals surface area (Å²) in [5.74, 6) is 1.06. The SMILES string of the molecule is COc1ccc(CCC(=O)N2CCNCC2C)cc1Br.Cl. The van der Waals surface area contributed by atoms with Crippen LogP contribution in [-0.2, 0) is 11.2 Å². The summed E-state index contributed by atoms with van der Waals surface area (Å²) < 4.78 is 6.14. The molecule has 0 aromatic heterocycles. The molecule has 0 aliphatic carbocycles. The summed E-state index contributed by atoms with van der Waals surface area (Å²) in [7, 11) is 1.65. The van der Waals surface area contributed by atoms with Crippen LogP contribution in [0.4, 0.5) is 0 Å². The van der Waals surface area contributed by atoms with Crippen LogP contribution in [0, 0.1) is 0 Å². The van der Waals surface area contributed by atoms with E-state index in [1.54, 1.807) is 7.11 Å². The Morgan fingerprint density at radius 3 is 2.90 bits per heavy atom. The van der Waals surface area contributed by atoms with Gasteiger partial charge in [-0.3, -0.25) is 4.79 Å². The third kappa shape index (κ3) is 4.87. The van der Waals surface area contributed by atoms with Crippen LogP contribution >= 0.6 is 28.3 Å². The molecule has 1 aliphatic rings. The number of piperazine rings is 1. The maximum atomic E-state index is 12.3. The number of ether oxygens (including phenoxy) is 1. The Kier molecular flexibility index (Phi) is 7.49. The predicted octanol–water partition coefficient (Wildman–Crippen LogP) is 2.63. The Labute approximate surface area is 140 Å². The average Bonchev–Trinajstić information content (AvgIpc) is 2.45. The molecule has 1 amide bonds. The molecular weight excluding hydrogens is 356 g/mol. The Bertz CT molecular complexity index is 485. The van der Waals surface area contributed by atoms with Crippen molar-refractivity contribution in [3.8, 4) is 5.75 Å². The summed E-state index contributed by atoms with van der Waals surface area (Å²) in [6.45, 7) is 4.68. The van der Waals surface area contributed by atoms with Gasteiger partial charge in [0.2, 0.25) is 5.91 Å². The summed E-state index contributed by atoms with van der Waals surface area (Å²) in [5, 5.41) is 3.30. The highest BCUT2D eigenvalue weighted by atomic mass is 79.9. The van der Waals surface area contributed by atoms with Gasteiger partial charge in [-0.25, -0.2) is 0 Å². The van der Waals surface area contributed by atoms with Crippen LogP contribution in [0.5, 0.6) is 5.75 Å². The Morgan fingerprint density at radius 2 is 2.29 bits per heavy atom. The summed E-state index contributed by atoms with van der Waals surface area (Å²) >= 11 is 3.47. The molecule has 1 aromatic carbocycles. The summed E-state index contributed by atoms with van der Waals surface area (Å²) in [6.07, 6.45) is 1.32. The lowest BCUT2D eigenvalue weighted by atomic mass is 10.1. The number of methoxy groups -OCH3 is 1. The fraction of sp³-hybridized carbons (Fsp3) is 0.533. The zero-order valence-corrected chi connectivity index (χ0v) is 14.8. The molecule has 1 atom stereocenters. The maximum absolute atomic E-state index is 12.3. The largest absolute Gasteiger partial charge is 0.496 e. The van der Waals surface area contributed by atoms with Crippen LogP contribution in [0.2, 0.25) is 0 Å². The zero-order valence-electron chi connectivity index (χ0n) is 12.4. The van der Waals surface area contributed by atoms with E-state index in [0.717, 1.165) is 41.8 Å². The van der Waals surface area contributed by atoms with E-state index in [1.807, 2.05) is 23.1 Å². The van der Waals surface area contributed by atoms with Crippen LogP contribution in [0.3, 0.4) is 0 Å². The number of halogens is 2. The van der Waals surface area contributed by atoms with Gasteiger partial charge in [-0.15, -0.1) is 12.4 Å². The standard InChI is InChI=1S/C15H21BrN2O2.ClH/c1-11-10-17-7-8-18(11)15(19)6-4-12-3-5-14(20-2)13(16)9-12;/h3,5,9,11,17H,4,6-8,10H2,1-2H3;1H. The molecule has 1 heterocycles. The van der Waals surface area contributed by atoms with Crippen molar-refractivity contribution < 1.29 is 9.53 Å². The molecule has 0 spiro atoms. The van der Waals surface area contributed by atoms with Gasteiger partial charge in [0.15, 0.2) is 0 Å². The van der Waals surface area contributed by atoms with E-state index in [0.29, 0.717) is 12.5 Å². The molecule has 1 fully saturated rings. The maximum Gasteiger partial charge on any atom is 0.223 e. The molecule has 1 saturated heterocycles. The van der Waals surface area contributed by atoms with Gasteiger partial charge >= 0.3 is 0 Å². The normalized spacial score (nSPS) is 18.0. The first kappa shape index (κ1) is 18.3. The average molecular weight is 378 g/mol. The molecule has 1 unspecified atom stereocenters. The number of carbonyl (C=O) groups is 1. The first-order chi connectivity index (χ1) is 9.61. The van der Waals surface area contributed by atoms with Crippen LogP contribution in [0.25, 0.3) is 0 Å². The minimum absolute atomic E-state index is 0. The highest BCUT2D eigenvalue weighted by molar-refractivity contribution is 9.10. The smallest absolute Gasteiger partial charge is 0.223 e. The molecule has 21 heavy (non-hydrogen) atoms. The van der Waals surface area contributed by atoms with E-state index in [2.05, 4.69) is 28.2 Å². The van der Waals surface area contributed by atoms with Crippen LogP contribution < -0.4 is 10.1 Å². The molecule has 118 valence electrons. The highest BCUT2D eigenvalue weighted by Crippen LogP contribution is 2.26. The first-order valence-electron chi connectivity index (χ1n) is 6.94. The lowest BCUT2D eigenvalue weighted by Gasteiger charge is -2.34. The van der Waals surface area contributed by atoms with E-state index < -0.39 is 0 Å². The molecule has 2 rings (SSSR count). The van der Waals surface area contributed by atoms with Crippen molar-refractivity contribution >= 4 is 34.2 Å². The minimum Gasteiger partial charge on any atom is -0.496 e. The van der Waals surface area contributed by atoms with Crippen molar-refractivity contribution in [1.29, 1.82) is 0 Å². The van der Waals surface area contributed by atoms with Gasteiger partial charge in [0, 0.05) is 32.1 Å². The second-order valence-corrected chi connectivity index (χ2v) is 5.96. The third-order valence-corrected chi connectivity index (χ3v) is 4.29. The fourth-order valence-corrected chi connectivity index (χ4v) is 3.06. The van der Waals surface area contributed by atoms with E-state index >= 15 is 0 Å². The molecule has 0 saturated carbocycles. The molecule has 1 aliphatic heterocycles. The second-order valence-electron chi connectivity index (χ2n) is 5.11. The van der Waals surface area contributed by atoms with Gasteiger partial charge in [-0.1, -0.05) is 6.07 Å². The molecule has 1 N–H and O–H groups in total. The fourth-order valence-electron chi connectivity index (χ4n) is 2.47. The highest BCUT2D eigenvalue weighted by Gasteiger charge is 2.22. The van der Waals surface area contributed by atoms with Crippen molar-refractivity contribution in [1.82, 2.24) is 10.2 Å². The number of nitrogens with zero attached hydrogens (tertiary/aromatic N) is 1. The number of aryl methyl sites for hydroxylation is 1. The van der Waals surface area contributed by atoms with Crippen molar-refractivity contribution in [3.63, 3.8) is 0 Å². The quantitative estimate of drug-likeness (QED) is 0.877. The van der Waals surface area contributed by atoms with E-state index in [1.165, 1.54) is 0 Å². The molecule has 4 nitrogen and oxygen atoms in total. The summed E-state index contributed by atoms with van der Waals surface area (Å²) in [4.78, 5) is 14.2. The first-order valence-corrected chi connectivity index (χ1v) is 7.73. The second kappa shape index (κ2) is 8.61. The van der Waals surface area contributed by atoms with Crippen molar-refractivity contribution in [2.45, 2.75) is 25.8 Å². The van der Waals surface area contributed by atoms with Gasteiger partial charge in [0.1, 0.15) is 5.75 Å². The number of rotatable bonds is 4. The van der Waals surface area contributed by atoms with Crippen LogP contribution in [0.1, 0.15) is 18.9 Å². The van der Waals surface area contributed by atoms with Gasteiger partial charge in [0.05, 0.1) is 11.6 Å².